The SMILES string of the molecule is COc1ccc2nc(C)c(O)cc2n1. The Bertz CT molecular complexity index is 483. The summed E-state index contributed by atoms with van der Waals surface area (Å²) in [5.41, 5.74) is 1.98. The molecule has 0 bridgehead atoms. The molecule has 14 heavy (non-hydrogen) atoms. The number of methoxy groups -OCH3 is 1. The molecule has 0 unspecified atom stereocenters. The molecule has 2 aromatic rings. The Morgan fingerprint density at radius 1 is 1.21 bits per heavy atom. The molecule has 1 N–H and O–H groups in total. The zero-order valence-corrected chi connectivity index (χ0v) is 7.98. The van der Waals surface area contributed by atoms with Crippen LogP contribution >= 0.6 is 0 Å². The fraction of sp³-hybridized carbons (Fsp3) is 0.200. The molecule has 0 fully saturated rings. The first kappa shape index (κ1) is 8.74. The van der Waals surface area contributed by atoms with Gasteiger partial charge in [0.25, 0.3) is 0 Å². The molecule has 0 aliphatic carbocycles. The zero-order chi connectivity index (χ0) is 10.1. The van der Waals surface area contributed by atoms with Crippen LogP contribution in [0, 0.1) is 6.92 Å². The van der Waals surface area contributed by atoms with Gasteiger partial charge in [0, 0.05) is 12.1 Å². The average Bonchev–Trinajstić information content (AvgIpc) is 2.19. The molecule has 0 aromatic carbocycles. The summed E-state index contributed by atoms with van der Waals surface area (Å²) in [7, 11) is 1.55. The van der Waals surface area contributed by atoms with E-state index in [4.69, 9.17) is 4.74 Å². The van der Waals surface area contributed by atoms with Crippen LogP contribution in [0.4, 0.5) is 0 Å². The van der Waals surface area contributed by atoms with Crippen LogP contribution in [-0.4, -0.2) is 22.2 Å². The van der Waals surface area contributed by atoms with E-state index >= 15 is 0 Å². The van der Waals surface area contributed by atoms with Gasteiger partial charge in [-0.05, 0) is 13.0 Å². The van der Waals surface area contributed by atoms with Gasteiger partial charge in [0.2, 0.25) is 5.88 Å². The van der Waals surface area contributed by atoms with Gasteiger partial charge < -0.3 is 9.84 Å². The summed E-state index contributed by atoms with van der Waals surface area (Å²) in [6.07, 6.45) is 0. The third-order valence-electron chi connectivity index (χ3n) is 2.02. The van der Waals surface area contributed by atoms with Crippen molar-refractivity contribution in [1.29, 1.82) is 0 Å². The minimum Gasteiger partial charge on any atom is -0.506 e. The summed E-state index contributed by atoms with van der Waals surface area (Å²) in [5, 5.41) is 9.44. The third-order valence-corrected chi connectivity index (χ3v) is 2.02. The topological polar surface area (TPSA) is 55.2 Å². The van der Waals surface area contributed by atoms with Crippen LogP contribution in [0.25, 0.3) is 11.0 Å². The van der Waals surface area contributed by atoms with Crippen LogP contribution in [-0.2, 0) is 0 Å². The molecule has 0 radical (unpaired) electrons. The van der Waals surface area contributed by atoms with Crippen molar-refractivity contribution in [3.05, 3.63) is 23.9 Å². The normalized spacial score (nSPS) is 10.4. The highest BCUT2D eigenvalue weighted by Gasteiger charge is 2.03. The molecule has 0 aliphatic heterocycles. The van der Waals surface area contributed by atoms with Gasteiger partial charge in [-0.1, -0.05) is 0 Å². The van der Waals surface area contributed by atoms with Crippen molar-refractivity contribution in [3.63, 3.8) is 0 Å². The van der Waals surface area contributed by atoms with Crippen LogP contribution in [0.15, 0.2) is 18.2 Å². The van der Waals surface area contributed by atoms with Crippen molar-refractivity contribution >= 4 is 11.0 Å². The Labute approximate surface area is 81.2 Å². The molecule has 0 amide bonds. The Kier molecular flexibility index (Phi) is 1.96. The summed E-state index contributed by atoms with van der Waals surface area (Å²) >= 11 is 0. The fourth-order valence-corrected chi connectivity index (χ4v) is 1.24. The van der Waals surface area contributed by atoms with Crippen molar-refractivity contribution < 1.29 is 9.84 Å². The number of nitrogens with zero attached hydrogens (tertiary/aromatic N) is 2. The minimum absolute atomic E-state index is 0.151. The highest BCUT2D eigenvalue weighted by molar-refractivity contribution is 5.76. The second-order valence-corrected chi connectivity index (χ2v) is 2.98. The van der Waals surface area contributed by atoms with Crippen LogP contribution in [0.1, 0.15) is 5.69 Å². The Morgan fingerprint density at radius 3 is 2.71 bits per heavy atom. The van der Waals surface area contributed by atoms with Crippen LogP contribution < -0.4 is 4.74 Å². The maximum Gasteiger partial charge on any atom is 0.213 e. The van der Waals surface area contributed by atoms with Crippen LogP contribution in [0.3, 0.4) is 0 Å². The maximum atomic E-state index is 9.44. The molecule has 0 aliphatic rings. The summed E-state index contributed by atoms with van der Waals surface area (Å²) in [4.78, 5) is 8.33. The van der Waals surface area contributed by atoms with Crippen LogP contribution in [0.5, 0.6) is 11.6 Å². The summed E-state index contributed by atoms with van der Waals surface area (Å²) < 4.78 is 4.97. The molecule has 2 aromatic heterocycles. The molecular formula is C10H10N2O2. The lowest BCUT2D eigenvalue weighted by molar-refractivity contribution is 0.399. The molecule has 0 saturated heterocycles. The van der Waals surface area contributed by atoms with E-state index in [-0.39, 0.29) is 5.75 Å². The Morgan fingerprint density at radius 2 is 2.00 bits per heavy atom. The highest BCUT2D eigenvalue weighted by Crippen LogP contribution is 2.21. The quantitative estimate of drug-likeness (QED) is 0.742. The van der Waals surface area contributed by atoms with Gasteiger partial charge >= 0.3 is 0 Å². The minimum atomic E-state index is 0.151. The lowest BCUT2D eigenvalue weighted by atomic mass is 10.2. The predicted octanol–water partition coefficient (Wildman–Crippen LogP) is 1.65. The number of ether oxygens (including phenoxy) is 1. The first-order valence-corrected chi connectivity index (χ1v) is 4.22. The lowest BCUT2D eigenvalue weighted by Gasteiger charge is -2.03. The molecule has 0 atom stereocenters. The highest BCUT2D eigenvalue weighted by atomic mass is 16.5. The van der Waals surface area contributed by atoms with E-state index < -0.39 is 0 Å². The molecule has 0 saturated carbocycles. The van der Waals surface area contributed by atoms with Gasteiger partial charge in [-0.2, -0.15) is 0 Å². The fourth-order valence-electron chi connectivity index (χ4n) is 1.24. The summed E-state index contributed by atoms with van der Waals surface area (Å²) in [5.74, 6) is 0.667. The number of aryl methyl sites for hydroxylation is 1. The second kappa shape index (κ2) is 3.14. The largest absolute Gasteiger partial charge is 0.506 e. The number of aromatic nitrogens is 2. The maximum absolute atomic E-state index is 9.44. The average molecular weight is 190 g/mol. The van der Waals surface area contributed by atoms with Gasteiger partial charge in [0.1, 0.15) is 5.75 Å². The number of rotatable bonds is 1. The molecular weight excluding hydrogens is 180 g/mol. The van der Waals surface area contributed by atoms with E-state index in [9.17, 15) is 5.11 Å². The van der Waals surface area contributed by atoms with E-state index in [2.05, 4.69) is 9.97 Å². The molecule has 4 nitrogen and oxygen atoms in total. The van der Waals surface area contributed by atoms with E-state index in [1.807, 2.05) is 6.07 Å². The zero-order valence-electron chi connectivity index (χ0n) is 7.98. The monoisotopic (exact) mass is 190 g/mol. The number of fused-ring (bicyclic) bond motifs is 1. The van der Waals surface area contributed by atoms with Gasteiger partial charge in [0.05, 0.1) is 23.8 Å². The standard InChI is InChI=1S/C10H10N2O2/c1-6-9(13)5-8-7(11-6)3-4-10(12-8)14-2/h3-5,13H,1-2H3. The predicted molar refractivity (Wildman–Crippen MR) is 52.5 cm³/mol. The third kappa shape index (κ3) is 1.35. The van der Waals surface area contributed by atoms with E-state index in [0.717, 1.165) is 5.52 Å². The first-order chi connectivity index (χ1) is 6.70. The smallest absolute Gasteiger partial charge is 0.213 e. The Hall–Kier alpha value is -1.84. The van der Waals surface area contributed by atoms with Crippen molar-refractivity contribution in [3.8, 4) is 11.6 Å². The number of hydrogen-bond acceptors (Lipinski definition) is 4. The van der Waals surface area contributed by atoms with Crippen molar-refractivity contribution in [2.75, 3.05) is 7.11 Å². The Balaban J connectivity index is 2.70. The molecule has 4 heteroatoms. The van der Waals surface area contributed by atoms with Crippen molar-refractivity contribution in [2.24, 2.45) is 0 Å². The van der Waals surface area contributed by atoms with E-state index in [1.165, 1.54) is 0 Å². The summed E-state index contributed by atoms with van der Waals surface area (Å²) in [6.45, 7) is 1.75. The number of hydrogen-bond donors (Lipinski definition) is 1. The van der Waals surface area contributed by atoms with Gasteiger partial charge in [-0.3, -0.25) is 0 Å². The van der Waals surface area contributed by atoms with Crippen LogP contribution in [0.2, 0.25) is 0 Å². The van der Waals surface area contributed by atoms with E-state index in [0.29, 0.717) is 17.1 Å². The van der Waals surface area contributed by atoms with Gasteiger partial charge in [-0.15, -0.1) is 0 Å². The number of aromatic hydroxyl groups is 1. The molecule has 2 rings (SSSR count). The van der Waals surface area contributed by atoms with Crippen molar-refractivity contribution in [2.45, 2.75) is 6.92 Å². The molecule has 0 spiro atoms. The second-order valence-electron chi connectivity index (χ2n) is 2.98. The van der Waals surface area contributed by atoms with Crippen molar-refractivity contribution in [1.82, 2.24) is 9.97 Å². The van der Waals surface area contributed by atoms with E-state index in [1.54, 1.807) is 26.2 Å². The molecule has 2 heterocycles. The summed E-state index contributed by atoms with van der Waals surface area (Å²) in [6, 6.07) is 5.14. The number of pyridine rings is 2. The molecule has 72 valence electrons. The van der Waals surface area contributed by atoms with Gasteiger partial charge in [0.15, 0.2) is 0 Å². The first-order valence-electron chi connectivity index (χ1n) is 4.22. The van der Waals surface area contributed by atoms with Gasteiger partial charge in [-0.25, -0.2) is 9.97 Å². The lowest BCUT2D eigenvalue weighted by Crippen LogP contribution is -1.90.